The summed E-state index contributed by atoms with van der Waals surface area (Å²) in [6.07, 6.45) is 22.0. The molecule has 0 aliphatic rings. The molecule has 0 radical (unpaired) electrons. The van der Waals surface area contributed by atoms with Gasteiger partial charge in [0.15, 0.2) is 11.6 Å². The fraction of sp³-hybridized carbons (Fsp3) is 0.684. The SMILES string of the molecule is C=CC(=O)C(C)(C)C.C=CC(=O)NC(C)(C)C.C=CCN(CC(C)(C)C)C(=O)/C=C/CN(C)C.C=CS(=O)(=O)NC(C)(C)C.CCN(CC(C)(C)C)C(=O)/C=C/CN(C)C.CN(C)C/C=C/C(=O)C(C)(C)C.CN(C)C/C=C/C(=O)N(C)CC(C)(C)C.CN(C)C/C=C/C(=O)NC(C)(C)C. The molecule has 0 aliphatic carbocycles. The average molecular weight is 1430 g/mol. The van der Waals surface area contributed by atoms with Crippen molar-refractivity contribution in [3.63, 3.8) is 0 Å². The van der Waals surface area contributed by atoms with Gasteiger partial charge in [-0.15, -0.1) is 6.58 Å². The summed E-state index contributed by atoms with van der Waals surface area (Å²) >= 11 is 0. The number of sulfonamides is 1. The maximum atomic E-state index is 12.0. The van der Waals surface area contributed by atoms with Gasteiger partial charge in [-0.2, -0.15) is 0 Å². The Bertz CT molecular complexity index is 2610. The molecular formula is C79H153N11O9S. The van der Waals surface area contributed by atoms with Gasteiger partial charge in [0, 0.05) is 130 Å². The van der Waals surface area contributed by atoms with Gasteiger partial charge in [0.05, 0.1) is 0 Å². The standard InChI is InChI=1S/C14H26N2O.C13H26N2O.C12H24N2O.C10H20N2O.C10H19NO.C7H13NO.C7H12O.C6H13NO2S/c1-7-10-16(12-14(2,3)4)13(17)9-8-11-15(5)6;1-7-15(11-13(2,3)4)12(16)9-8-10-14(5)6;1-12(2,3)10-14(6)11(15)8-7-9-13(4)5;1-10(2,3)11-9(13)7-6-8-12(4)5;1-10(2,3)9(12)7-6-8-11(4)5;1-5-6(9)8-7(2,3)4;1-5-6(8)7(2,3)4;1-5-10(8,9)7-6(2,3)4/h7-9H,1,10-12H2,2-6H3;8-9H,7,10-11H2,1-6H3;7-8H,9-10H2,1-6H3;6-7H,8H2,1-5H3,(H,11,13);6-7H,8H2,1-5H3;5H,1H2,2-4H3,(H,8,9);5H,1H2,2-4H3;5,7H,1H2,2-4H3/b2*9-8+;8-7+;2*7-6+;;;. The van der Waals surface area contributed by atoms with Gasteiger partial charge in [0.1, 0.15) is 0 Å². The first-order valence-electron chi connectivity index (χ1n) is 34.2. The van der Waals surface area contributed by atoms with E-state index in [-0.39, 0.29) is 79.3 Å². The lowest BCUT2D eigenvalue weighted by molar-refractivity contribution is -0.127. The summed E-state index contributed by atoms with van der Waals surface area (Å²) in [6, 6.07) is 0. The highest BCUT2D eigenvalue weighted by molar-refractivity contribution is 7.92. The molecule has 5 amide bonds. The Hall–Kier alpha value is -5.94. The second kappa shape index (κ2) is 54.7. The monoisotopic (exact) mass is 1430 g/mol. The van der Waals surface area contributed by atoms with Crippen LogP contribution in [0, 0.1) is 27.1 Å². The number of allylic oxidation sites excluding steroid dienone is 2. The molecule has 0 rings (SSSR count). The number of carbonyl (C=O) groups excluding carboxylic acids is 7. The molecule has 21 heteroatoms. The molecule has 0 heterocycles. The summed E-state index contributed by atoms with van der Waals surface area (Å²) in [5.41, 5.74) is -0.808. The fourth-order valence-corrected chi connectivity index (χ4v) is 7.63. The van der Waals surface area contributed by atoms with Gasteiger partial charge < -0.3 is 49.8 Å². The van der Waals surface area contributed by atoms with Crippen molar-refractivity contribution in [3.05, 3.63) is 111 Å². The molecule has 0 spiro atoms. The van der Waals surface area contributed by atoms with Crippen LogP contribution in [0.3, 0.4) is 0 Å². The highest BCUT2D eigenvalue weighted by Gasteiger charge is 2.22. The number of hydrogen-bond acceptors (Lipinski definition) is 14. The Morgan fingerprint density at radius 1 is 0.360 bits per heavy atom. The number of hydrogen-bond donors (Lipinski definition) is 3. The van der Waals surface area contributed by atoms with Gasteiger partial charge >= 0.3 is 0 Å². The highest BCUT2D eigenvalue weighted by atomic mass is 32.2. The van der Waals surface area contributed by atoms with Crippen LogP contribution in [0.15, 0.2) is 111 Å². The van der Waals surface area contributed by atoms with Crippen molar-refractivity contribution in [2.24, 2.45) is 27.1 Å². The highest BCUT2D eigenvalue weighted by Crippen LogP contribution is 2.18. The molecule has 20 nitrogen and oxygen atoms in total. The average Bonchev–Trinajstić information content (AvgIpc) is 0.927. The Balaban J connectivity index is -0.000000163. The second-order valence-corrected chi connectivity index (χ2v) is 35.9. The third kappa shape index (κ3) is 92.1. The van der Waals surface area contributed by atoms with E-state index >= 15 is 0 Å². The Kier molecular flexibility index (Phi) is 60.2. The van der Waals surface area contributed by atoms with Gasteiger partial charge in [-0.25, -0.2) is 13.1 Å². The minimum absolute atomic E-state index is 0.0330. The van der Waals surface area contributed by atoms with Gasteiger partial charge in [0.25, 0.3) is 0 Å². The van der Waals surface area contributed by atoms with Crippen molar-refractivity contribution in [2.45, 2.75) is 190 Å². The zero-order valence-electron chi connectivity index (χ0n) is 70.6. The molecule has 0 atom stereocenters. The molecule has 0 aromatic rings. The van der Waals surface area contributed by atoms with E-state index in [0.717, 1.165) is 64.3 Å². The lowest BCUT2D eigenvalue weighted by Gasteiger charge is -2.28. The number of ketones is 2. The first-order chi connectivity index (χ1) is 44.6. The molecular weight excluding hydrogens is 1280 g/mol. The molecule has 0 saturated heterocycles. The summed E-state index contributed by atoms with van der Waals surface area (Å²) in [7, 11) is 18.4. The number of rotatable bonds is 25. The Morgan fingerprint density at radius 3 is 0.890 bits per heavy atom. The zero-order chi connectivity index (χ0) is 81.3. The summed E-state index contributed by atoms with van der Waals surface area (Å²) < 4.78 is 24.0. The van der Waals surface area contributed by atoms with E-state index in [0.29, 0.717) is 6.54 Å². The molecule has 100 heavy (non-hydrogen) atoms. The molecule has 0 saturated carbocycles. The third-order valence-electron chi connectivity index (χ3n) is 11.0. The quantitative estimate of drug-likeness (QED) is 0.0573. The van der Waals surface area contributed by atoms with Crippen molar-refractivity contribution in [1.29, 1.82) is 0 Å². The molecule has 0 bridgehead atoms. The van der Waals surface area contributed by atoms with E-state index in [1.54, 1.807) is 62.1 Å². The first kappa shape index (κ1) is 110. The van der Waals surface area contributed by atoms with Crippen LogP contribution < -0.4 is 15.4 Å². The lowest BCUT2D eigenvalue weighted by Crippen LogP contribution is -2.39. The number of nitrogens with zero attached hydrogens (tertiary/aromatic N) is 8. The van der Waals surface area contributed by atoms with Gasteiger partial charge in [-0.1, -0.05) is 160 Å². The largest absolute Gasteiger partial charge is 0.348 e. The smallest absolute Gasteiger partial charge is 0.246 e. The van der Waals surface area contributed by atoms with Crippen molar-refractivity contribution in [3.8, 4) is 0 Å². The molecule has 0 aliphatic heterocycles. The van der Waals surface area contributed by atoms with Crippen LogP contribution in [0.5, 0.6) is 0 Å². The molecule has 3 N–H and O–H groups in total. The van der Waals surface area contributed by atoms with E-state index < -0.39 is 15.6 Å². The minimum Gasteiger partial charge on any atom is -0.348 e. The minimum atomic E-state index is -3.26. The van der Waals surface area contributed by atoms with Crippen LogP contribution in [0.25, 0.3) is 0 Å². The van der Waals surface area contributed by atoms with Crippen molar-refractivity contribution in [2.75, 3.05) is 143 Å². The van der Waals surface area contributed by atoms with E-state index in [4.69, 9.17) is 0 Å². The lowest BCUT2D eigenvalue weighted by atomic mass is 9.91. The summed E-state index contributed by atoms with van der Waals surface area (Å²) in [6.45, 7) is 70.8. The predicted molar refractivity (Wildman–Crippen MR) is 431 cm³/mol. The van der Waals surface area contributed by atoms with Crippen molar-refractivity contribution < 1.29 is 42.0 Å². The van der Waals surface area contributed by atoms with Crippen LogP contribution >= 0.6 is 0 Å². The van der Waals surface area contributed by atoms with Crippen LogP contribution in [-0.2, 0) is 43.6 Å². The molecule has 0 unspecified atom stereocenters. The summed E-state index contributed by atoms with van der Waals surface area (Å²) in [4.78, 5) is 94.9. The van der Waals surface area contributed by atoms with E-state index in [1.165, 1.54) is 12.2 Å². The van der Waals surface area contributed by atoms with E-state index in [1.807, 2.05) is 232 Å². The molecule has 584 valence electrons. The van der Waals surface area contributed by atoms with Crippen LogP contribution in [0.4, 0.5) is 0 Å². The number of amides is 5. The maximum Gasteiger partial charge on any atom is 0.246 e. The van der Waals surface area contributed by atoms with E-state index in [9.17, 15) is 42.0 Å². The number of nitrogens with one attached hydrogen (secondary N) is 3. The Morgan fingerprint density at radius 2 is 0.660 bits per heavy atom. The maximum absolute atomic E-state index is 12.0. The number of likely N-dealkylation sites (N-methyl/N-ethyl adjacent to an activating group) is 7. The third-order valence-corrected chi connectivity index (χ3v) is 12.3. The molecule has 0 fully saturated rings. The van der Waals surface area contributed by atoms with Crippen molar-refractivity contribution >= 4 is 51.1 Å². The van der Waals surface area contributed by atoms with Crippen molar-refractivity contribution in [1.82, 2.24) is 54.6 Å². The Labute approximate surface area is 615 Å². The number of carbonyl (C=O) groups is 7. The zero-order valence-corrected chi connectivity index (χ0v) is 71.5. The predicted octanol–water partition coefficient (Wildman–Crippen LogP) is 12.2. The van der Waals surface area contributed by atoms with Gasteiger partial charge in [-0.05, 0) is 174 Å². The van der Waals surface area contributed by atoms with Crippen LogP contribution in [0.2, 0.25) is 0 Å². The first-order valence-corrected chi connectivity index (χ1v) is 35.8. The topological polar surface area (TPSA) is 216 Å². The normalized spacial score (nSPS) is 12.2. The molecule has 0 aromatic heterocycles. The fourth-order valence-electron chi connectivity index (χ4n) is 6.70. The van der Waals surface area contributed by atoms with Gasteiger partial charge in [0.2, 0.25) is 39.6 Å². The summed E-state index contributed by atoms with van der Waals surface area (Å²) in [5.74, 6) is 0.367. The molecule has 0 aromatic carbocycles. The van der Waals surface area contributed by atoms with E-state index in [2.05, 4.69) is 104 Å². The summed E-state index contributed by atoms with van der Waals surface area (Å²) in [5, 5.41) is 6.46. The van der Waals surface area contributed by atoms with Crippen LogP contribution in [0.1, 0.15) is 173 Å². The second-order valence-electron chi connectivity index (χ2n) is 34.2. The van der Waals surface area contributed by atoms with Crippen LogP contribution in [-0.4, -0.2) is 248 Å². The van der Waals surface area contributed by atoms with Gasteiger partial charge in [-0.3, -0.25) is 33.6 Å².